The molecule has 1 aliphatic rings. The van der Waals surface area contributed by atoms with Crippen LogP contribution in [0.1, 0.15) is 16.1 Å². The molecule has 0 unspecified atom stereocenters. The lowest BCUT2D eigenvalue weighted by atomic mass is 10.2. The molecular weight excluding hydrogens is 396 g/mol. The van der Waals surface area contributed by atoms with Gasteiger partial charge >= 0.3 is 0 Å². The molecule has 1 saturated heterocycles. The maximum atomic E-state index is 13.8. The summed E-state index contributed by atoms with van der Waals surface area (Å²) in [6.07, 6.45) is 1.29. The van der Waals surface area contributed by atoms with Crippen molar-refractivity contribution in [2.75, 3.05) is 31.6 Å². The molecule has 6 nitrogen and oxygen atoms in total. The fraction of sp³-hybridized carbons (Fsp3) is 0.353. The number of carbonyl (C=O) groups excluding carboxylic acids is 1. The zero-order valence-electron chi connectivity index (χ0n) is 14.6. The number of H-pyrrole nitrogens is 1. The van der Waals surface area contributed by atoms with Crippen molar-refractivity contribution in [3.05, 3.63) is 53.4 Å². The minimum atomic E-state index is -3.65. The van der Waals surface area contributed by atoms with Crippen molar-refractivity contribution in [2.24, 2.45) is 0 Å². The van der Waals surface area contributed by atoms with Gasteiger partial charge in [-0.05, 0) is 12.1 Å². The number of hydrogen-bond acceptors (Lipinski definition) is 4. The van der Waals surface area contributed by atoms with Crippen molar-refractivity contribution >= 4 is 27.7 Å². The molecular formula is C17H19F2N3O3S2. The highest BCUT2D eigenvalue weighted by molar-refractivity contribution is 7.99. The zero-order chi connectivity index (χ0) is 19.6. The molecule has 3 rings (SSSR count). The molecule has 1 aliphatic heterocycles. The Kier molecular flexibility index (Phi) is 5.87. The topological polar surface area (TPSA) is 73.5 Å². The molecule has 0 atom stereocenters. The highest BCUT2D eigenvalue weighted by Gasteiger charge is 2.28. The van der Waals surface area contributed by atoms with E-state index in [4.69, 9.17) is 0 Å². The smallest absolute Gasteiger partial charge is 0.270 e. The van der Waals surface area contributed by atoms with E-state index in [1.54, 1.807) is 11.8 Å². The Balaban J connectivity index is 1.74. The molecule has 0 saturated carbocycles. The van der Waals surface area contributed by atoms with Gasteiger partial charge in [-0.3, -0.25) is 4.79 Å². The predicted molar refractivity (Wildman–Crippen MR) is 99.0 cm³/mol. The monoisotopic (exact) mass is 415 g/mol. The van der Waals surface area contributed by atoms with Gasteiger partial charge in [-0.15, -0.1) is 0 Å². The van der Waals surface area contributed by atoms with Crippen LogP contribution in [0.25, 0.3) is 0 Å². The van der Waals surface area contributed by atoms with E-state index in [0.717, 1.165) is 23.6 Å². The summed E-state index contributed by atoms with van der Waals surface area (Å²) in [4.78, 5) is 16.5. The van der Waals surface area contributed by atoms with Gasteiger partial charge in [0.25, 0.3) is 5.91 Å². The van der Waals surface area contributed by atoms with Crippen LogP contribution in [0.5, 0.6) is 0 Å². The van der Waals surface area contributed by atoms with Crippen LogP contribution in [0.3, 0.4) is 0 Å². The third kappa shape index (κ3) is 4.33. The van der Waals surface area contributed by atoms with Crippen molar-refractivity contribution in [1.82, 2.24) is 14.2 Å². The number of nitrogens with one attached hydrogen (secondary N) is 1. The summed E-state index contributed by atoms with van der Waals surface area (Å²) in [7, 11) is -2.19. The molecule has 2 aromatic rings. The quantitative estimate of drug-likeness (QED) is 0.813. The first kappa shape index (κ1) is 19.8. The molecule has 1 amide bonds. The van der Waals surface area contributed by atoms with E-state index in [9.17, 15) is 22.0 Å². The maximum Gasteiger partial charge on any atom is 0.270 e. The summed E-state index contributed by atoms with van der Waals surface area (Å²) in [5, 5.41) is 0. The third-order valence-electron chi connectivity index (χ3n) is 4.26. The lowest BCUT2D eigenvalue weighted by molar-refractivity contribution is 0.0778. The Labute approximate surface area is 160 Å². The van der Waals surface area contributed by atoms with E-state index in [1.807, 2.05) is 0 Å². The molecule has 2 heterocycles. The number of thioether (sulfide) groups is 1. The van der Waals surface area contributed by atoms with E-state index in [2.05, 4.69) is 4.98 Å². The Hall–Kier alpha value is -1.91. The molecule has 0 bridgehead atoms. The second-order valence-corrected chi connectivity index (χ2v) is 9.33. The van der Waals surface area contributed by atoms with E-state index < -0.39 is 27.6 Å². The van der Waals surface area contributed by atoms with Gasteiger partial charge in [0.05, 0.1) is 0 Å². The van der Waals surface area contributed by atoms with Gasteiger partial charge in [-0.1, -0.05) is 6.07 Å². The Morgan fingerprint density at radius 1 is 1.26 bits per heavy atom. The molecule has 0 spiro atoms. The van der Waals surface area contributed by atoms with Crippen LogP contribution in [0.4, 0.5) is 8.78 Å². The standard InChI is InChI=1S/C17H19F2N3O3S2/c1-21(11-12-2-3-13(18)8-15(12)19)17(23)16-9-14(10-20-16)27(24,25)22-4-6-26-7-5-22/h2-3,8-10,20H,4-7,11H2,1H3. The van der Waals surface area contributed by atoms with Crippen LogP contribution >= 0.6 is 11.8 Å². The minimum absolute atomic E-state index is 0.0270. The zero-order valence-corrected chi connectivity index (χ0v) is 16.2. The van der Waals surface area contributed by atoms with Gasteiger partial charge in [-0.2, -0.15) is 16.1 Å². The van der Waals surface area contributed by atoms with Crippen molar-refractivity contribution < 1.29 is 22.0 Å². The largest absolute Gasteiger partial charge is 0.356 e. The summed E-state index contributed by atoms with van der Waals surface area (Å²) in [6, 6.07) is 4.43. The van der Waals surface area contributed by atoms with Gasteiger partial charge in [0.2, 0.25) is 10.0 Å². The normalized spacial score (nSPS) is 15.7. The minimum Gasteiger partial charge on any atom is -0.356 e. The number of aromatic nitrogens is 1. The van der Waals surface area contributed by atoms with Crippen LogP contribution in [0, 0.1) is 11.6 Å². The third-order valence-corrected chi connectivity index (χ3v) is 7.08. The van der Waals surface area contributed by atoms with Gasteiger partial charge in [-0.25, -0.2) is 17.2 Å². The number of hydrogen-bond donors (Lipinski definition) is 1. The summed E-state index contributed by atoms with van der Waals surface area (Å²) in [6.45, 7) is 0.797. The number of sulfonamides is 1. The highest BCUT2D eigenvalue weighted by Crippen LogP contribution is 2.21. The highest BCUT2D eigenvalue weighted by atomic mass is 32.2. The van der Waals surface area contributed by atoms with Gasteiger partial charge in [0, 0.05) is 56.0 Å². The van der Waals surface area contributed by atoms with Crippen molar-refractivity contribution in [3.8, 4) is 0 Å². The number of amides is 1. The molecule has 10 heteroatoms. The fourth-order valence-corrected chi connectivity index (χ4v) is 5.34. The molecule has 146 valence electrons. The number of carbonyl (C=O) groups is 1. The first-order valence-electron chi connectivity index (χ1n) is 8.25. The van der Waals surface area contributed by atoms with Crippen molar-refractivity contribution in [3.63, 3.8) is 0 Å². The van der Waals surface area contributed by atoms with E-state index in [0.29, 0.717) is 13.1 Å². The van der Waals surface area contributed by atoms with E-state index in [1.165, 1.54) is 34.6 Å². The average Bonchev–Trinajstić information content (AvgIpc) is 3.15. The maximum absolute atomic E-state index is 13.8. The molecule has 27 heavy (non-hydrogen) atoms. The molecule has 1 aromatic heterocycles. The van der Waals surface area contributed by atoms with Crippen molar-refractivity contribution in [1.29, 1.82) is 0 Å². The van der Waals surface area contributed by atoms with Crippen LogP contribution < -0.4 is 0 Å². The number of halogens is 2. The van der Waals surface area contributed by atoms with Gasteiger partial charge in [0.15, 0.2) is 0 Å². The molecule has 0 aliphatic carbocycles. The second-order valence-electron chi connectivity index (χ2n) is 6.16. The lowest BCUT2D eigenvalue weighted by Gasteiger charge is -2.24. The Morgan fingerprint density at radius 3 is 2.63 bits per heavy atom. The Morgan fingerprint density at radius 2 is 1.96 bits per heavy atom. The number of rotatable bonds is 5. The van der Waals surface area contributed by atoms with Crippen LogP contribution in [-0.4, -0.2) is 60.2 Å². The number of aromatic amines is 1. The van der Waals surface area contributed by atoms with Crippen molar-refractivity contribution in [2.45, 2.75) is 11.4 Å². The Bertz CT molecular complexity index is 941. The van der Waals surface area contributed by atoms with Gasteiger partial charge < -0.3 is 9.88 Å². The second kappa shape index (κ2) is 7.99. The number of nitrogens with zero attached hydrogens (tertiary/aromatic N) is 2. The van der Waals surface area contributed by atoms with Crippen LogP contribution in [0.15, 0.2) is 35.4 Å². The fourth-order valence-electron chi connectivity index (χ4n) is 2.77. The first-order valence-corrected chi connectivity index (χ1v) is 10.8. The molecule has 1 aromatic carbocycles. The van der Waals surface area contributed by atoms with Gasteiger partial charge in [0.1, 0.15) is 22.2 Å². The average molecular weight is 415 g/mol. The SMILES string of the molecule is CN(Cc1ccc(F)cc1F)C(=O)c1cc(S(=O)(=O)N2CCSCC2)c[nH]1. The predicted octanol–water partition coefficient (Wildman–Crippen LogP) is 2.30. The summed E-state index contributed by atoms with van der Waals surface area (Å²) in [5.74, 6) is -0.453. The molecule has 0 radical (unpaired) electrons. The summed E-state index contributed by atoms with van der Waals surface area (Å²) in [5.41, 5.74) is 0.252. The molecule has 1 N–H and O–H groups in total. The van der Waals surface area contributed by atoms with E-state index in [-0.39, 0.29) is 22.7 Å². The summed E-state index contributed by atoms with van der Waals surface area (Å²) < 4.78 is 53.5. The summed E-state index contributed by atoms with van der Waals surface area (Å²) >= 11 is 1.70. The molecule has 1 fully saturated rings. The lowest BCUT2D eigenvalue weighted by Crippen LogP contribution is -2.37. The first-order chi connectivity index (χ1) is 12.8. The number of benzene rings is 1. The van der Waals surface area contributed by atoms with E-state index >= 15 is 0 Å². The van der Waals surface area contributed by atoms with Crippen LogP contribution in [0.2, 0.25) is 0 Å². The van der Waals surface area contributed by atoms with Crippen LogP contribution in [-0.2, 0) is 16.6 Å².